The molecule has 7 nitrogen and oxygen atoms in total. The second-order valence-corrected chi connectivity index (χ2v) is 11.6. The van der Waals surface area contributed by atoms with Gasteiger partial charge in [0.25, 0.3) is 0 Å². The molecule has 3 atom stereocenters. The summed E-state index contributed by atoms with van der Waals surface area (Å²) >= 11 is 2.81. The van der Waals surface area contributed by atoms with Crippen LogP contribution in [-0.4, -0.2) is 48.0 Å². The van der Waals surface area contributed by atoms with Gasteiger partial charge in [0.05, 0.1) is 0 Å². The summed E-state index contributed by atoms with van der Waals surface area (Å²) in [6, 6.07) is 6.41. The minimum Gasteiger partial charge on any atom is -0.481 e. The third-order valence-corrected chi connectivity index (χ3v) is 8.68. The molecule has 0 saturated heterocycles. The van der Waals surface area contributed by atoms with Gasteiger partial charge in [0.1, 0.15) is 0 Å². The fourth-order valence-electron chi connectivity index (χ4n) is 4.73. The Labute approximate surface area is 218 Å². The van der Waals surface area contributed by atoms with Crippen molar-refractivity contribution in [2.24, 2.45) is 11.3 Å². The molecule has 36 heavy (non-hydrogen) atoms. The molecular formula is C24H26AsF3N4O3S. The third kappa shape index (κ3) is 5.58. The molecule has 1 aliphatic rings. The average molecular weight is 582 g/mol. The number of carbonyl (C=O) groups is 1. The maximum atomic E-state index is 13.0. The number of anilines is 2. The Morgan fingerprint density at radius 2 is 2.03 bits per heavy atom. The van der Waals surface area contributed by atoms with Gasteiger partial charge in [-0.25, -0.2) is 0 Å². The third-order valence-electron chi connectivity index (χ3n) is 6.46. The van der Waals surface area contributed by atoms with Crippen molar-refractivity contribution in [2.75, 3.05) is 5.32 Å². The molecule has 0 aliphatic heterocycles. The van der Waals surface area contributed by atoms with Crippen LogP contribution >= 0.6 is 11.3 Å². The van der Waals surface area contributed by atoms with E-state index in [1.54, 1.807) is 12.3 Å². The number of hydrogen-bond acceptors (Lipinski definition) is 7. The van der Waals surface area contributed by atoms with E-state index in [1.807, 2.05) is 26.0 Å². The van der Waals surface area contributed by atoms with Crippen molar-refractivity contribution in [3.8, 4) is 10.4 Å². The van der Waals surface area contributed by atoms with Gasteiger partial charge in [0.15, 0.2) is 0 Å². The molecule has 2 heterocycles. The summed E-state index contributed by atoms with van der Waals surface area (Å²) in [5.74, 6) is -1.55. The van der Waals surface area contributed by atoms with Crippen LogP contribution in [0.5, 0.6) is 0 Å². The molecule has 12 heteroatoms. The van der Waals surface area contributed by atoms with E-state index >= 15 is 0 Å². The Balaban J connectivity index is 1.62. The number of aliphatic hydroxyl groups is 1. The number of nitrogens with one attached hydrogen (secondary N) is 1. The molecule has 3 aromatic rings. The maximum absolute atomic E-state index is 13.0. The van der Waals surface area contributed by atoms with Gasteiger partial charge in [-0.15, -0.1) is 0 Å². The van der Waals surface area contributed by atoms with E-state index in [-0.39, 0.29) is 12.4 Å². The predicted octanol–water partition coefficient (Wildman–Crippen LogP) is 4.59. The van der Waals surface area contributed by atoms with Gasteiger partial charge >= 0.3 is 209 Å². The zero-order valence-corrected chi connectivity index (χ0v) is 22.9. The number of rotatable bonds is 6. The van der Waals surface area contributed by atoms with E-state index in [1.165, 1.54) is 28.2 Å². The quantitative estimate of drug-likeness (QED) is 0.365. The van der Waals surface area contributed by atoms with Crippen molar-refractivity contribution >= 4 is 45.8 Å². The Hall–Kier alpha value is -2.49. The van der Waals surface area contributed by atoms with Crippen molar-refractivity contribution in [1.29, 1.82) is 0 Å². The van der Waals surface area contributed by atoms with Crippen LogP contribution in [0.15, 0.2) is 36.7 Å². The average Bonchev–Trinajstić information content (AvgIpc) is 3.29. The van der Waals surface area contributed by atoms with Gasteiger partial charge in [-0.2, -0.15) is 0 Å². The zero-order chi connectivity index (χ0) is 26.3. The standard InChI is InChI=1S/C24H26AsF3N4O3S/c1-22(2)12-23(35,5-3-16(22)19(33)34)20-30-11-17(36-20)14-7-13(10-25)8-15(9-14)31-21-29-6-4-18(32-21)24(26,27)28/h4,6-9,11,16,35H,3,5,10,12,25H2,1-2H3,(H,33,34)(H,29,31,32)/t16-,23-/m1/s1. The van der Waals surface area contributed by atoms with Crippen molar-refractivity contribution in [2.45, 2.75) is 50.1 Å². The summed E-state index contributed by atoms with van der Waals surface area (Å²) in [6.07, 6.45) is -0.915. The molecule has 0 spiro atoms. The molecule has 1 aromatic carbocycles. The van der Waals surface area contributed by atoms with Gasteiger partial charge in [-0.3, -0.25) is 4.79 Å². The summed E-state index contributed by atoms with van der Waals surface area (Å²) in [7, 11) is 0. The van der Waals surface area contributed by atoms with E-state index in [9.17, 15) is 28.2 Å². The van der Waals surface area contributed by atoms with E-state index in [0.29, 0.717) is 23.5 Å². The second kappa shape index (κ2) is 9.76. The number of aromatic nitrogens is 3. The minimum atomic E-state index is -4.57. The second-order valence-electron chi connectivity index (χ2n) is 9.67. The first-order valence-corrected chi connectivity index (χ1v) is 13.8. The molecule has 0 amide bonds. The molecule has 2 aromatic heterocycles. The Morgan fingerprint density at radius 3 is 2.67 bits per heavy atom. The monoisotopic (exact) mass is 582 g/mol. The van der Waals surface area contributed by atoms with Crippen LogP contribution in [0.3, 0.4) is 0 Å². The van der Waals surface area contributed by atoms with E-state index in [2.05, 4.69) is 20.3 Å². The summed E-state index contributed by atoms with van der Waals surface area (Å²) in [6.45, 7) is 3.70. The van der Waals surface area contributed by atoms with Crippen LogP contribution in [0.2, 0.25) is 0 Å². The van der Waals surface area contributed by atoms with Crippen LogP contribution < -0.4 is 5.32 Å². The Bertz CT molecular complexity index is 1280. The molecule has 0 bridgehead atoms. The van der Waals surface area contributed by atoms with Crippen LogP contribution in [0.25, 0.3) is 10.4 Å². The van der Waals surface area contributed by atoms with Crippen LogP contribution in [0.1, 0.15) is 49.4 Å². The van der Waals surface area contributed by atoms with Crippen molar-refractivity contribution in [3.05, 3.63) is 52.9 Å². The fraction of sp³-hybridized carbons (Fsp3) is 0.417. The van der Waals surface area contributed by atoms with Gasteiger partial charge in [-0.05, 0) is 0 Å². The number of hydrogen-bond donors (Lipinski definition) is 3. The number of carboxylic acid groups (broad SMARTS) is 1. The molecule has 1 saturated carbocycles. The SMILES string of the molecule is CC1(C)C[C@@](O)(c2ncc(-c3cc(C[AsH2])cc(Nc4nccc(C(F)(F)F)n4)c3)s2)CC[C@@H]1C(=O)O. The van der Waals surface area contributed by atoms with Gasteiger partial charge in [-0.1, -0.05) is 0 Å². The molecule has 1 aliphatic carbocycles. The smallest absolute Gasteiger partial charge is 0.481 e. The first-order chi connectivity index (χ1) is 16.8. The molecule has 3 N–H and O–H groups in total. The van der Waals surface area contributed by atoms with Crippen molar-refractivity contribution < 1.29 is 28.2 Å². The van der Waals surface area contributed by atoms with Gasteiger partial charge in [0, 0.05) is 0 Å². The number of benzene rings is 1. The first kappa shape index (κ1) is 26.6. The number of carboxylic acids is 1. The van der Waals surface area contributed by atoms with E-state index in [4.69, 9.17) is 0 Å². The van der Waals surface area contributed by atoms with Crippen LogP contribution in [-0.2, 0) is 21.8 Å². The predicted molar refractivity (Wildman–Crippen MR) is 133 cm³/mol. The number of thiazole rings is 1. The van der Waals surface area contributed by atoms with Crippen LogP contribution in [0.4, 0.5) is 24.8 Å². The molecule has 1 fully saturated rings. The molecular weight excluding hydrogens is 556 g/mol. The molecule has 0 radical (unpaired) electrons. The Kier molecular flexibility index (Phi) is 7.20. The molecule has 4 rings (SSSR count). The summed E-state index contributed by atoms with van der Waals surface area (Å²) in [5.41, 5.74) is -0.551. The summed E-state index contributed by atoms with van der Waals surface area (Å²) < 4.78 is 39.1. The number of nitrogens with zero attached hydrogens (tertiary/aromatic N) is 3. The summed E-state index contributed by atoms with van der Waals surface area (Å²) in [5, 5.41) is 25.1. The summed E-state index contributed by atoms with van der Waals surface area (Å²) in [4.78, 5) is 24.4. The number of alkyl halides is 3. The topological polar surface area (TPSA) is 108 Å². The molecule has 1 unspecified atom stereocenters. The zero-order valence-electron chi connectivity index (χ0n) is 19.6. The van der Waals surface area contributed by atoms with E-state index in [0.717, 1.165) is 33.5 Å². The van der Waals surface area contributed by atoms with Crippen molar-refractivity contribution in [1.82, 2.24) is 15.0 Å². The van der Waals surface area contributed by atoms with Gasteiger partial charge < -0.3 is 5.11 Å². The number of halogens is 3. The van der Waals surface area contributed by atoms with Crippen molar-refractivity contribution in [3.63, 3.8) is 0 Å². The minimum absolute atomic E-state index is 0.161. The molecule has 192 valence electrons. The van der Waals surface area contributed by atoms with Crippen LogP contribution in [0, 0.1) is 11.3 Å². The number of aliphatic carboxylic acids is 1. The Morgan fingerprint density at radius 1 is 1.28 bits per heavy atom. The first-order valence-electron chi connectivity index (χ1n) is 11.2. The normalized spacial score (nSPS) is 21.8. The van der Waals surface area contributed by atoms with E-state index < -0.39 is 34.8 Å². The fourth-order valence-corrected chi connectivity index (χ4v) is 6.25. The van der Waals surface area contributed by atoms with Gasteiger partial charge in [0.2, 0.25) is 0 Å².